The maximum Gasteiger partial charge on any atom is 0.338 e. The van der Waals surface area contributed by atoms with E-state index in [9.17, 15) is 19.7 Å². The van der Waals surface area contributed by atoms with Gasteiger partial charge in [-0.2, -0.15) is 0 Å². The van der Waals surface area contributed by atoms with Gasteiger partial charge >= 0.3 is 5.97 Å². The predicted octanol–water partition coefficient (Wildman–Crippen LogP) is 6.96. The summed E-state index contributed by atoms with van der Waals surface area (Å²) < 4.78 is 14.8. The molecule has 4 aromatic carbocycles. The number of carbonyl (C=O) groups excluding carboxylic acids is 1. The van der Waals surface area contributed by atoms with Crippen molar-refractivity contribution in [2.75, 3.05) is 6.61 Å². The molecule has 5 aromatic rings. The molecule has 0 spiro atoms. The summed E-state index contributed by atoms with van der Waals surface area (Å²) in [6.07, 6.45) is 1.78. The quantitative estimate of drug-likeness (QED) is 0.0960. The molecule has 1 aromatic heterocycles. The number of carbonyl (C=O) groups is 1. The number of ether oxygens (including phenoxy) is 2. The third-order valence-corrected chi connectivity index (χ3v) is 9.64. The van der Waals surface area contributed by atoms with Gasteiger partial charge in [0.15, 0.2) is 4.80 Å². The first-order valence-corrected chi connectivity index (χ1v) is 16.6. The normalized spacial score (nSPS) is 14.6. The van der Waals surface area contributed by atoms with Crippen LogP contribution in [0.15, 0.2) is 109 Å². The van der Waals surface area contributed by atoms with Crippen LogP contribution in [0.5, 0.6) is 5.75 Å². The van der Waals surface area contributed by atoms with Gasteiger partial charge < -0.3 is 9.47 Å². The van der Waals surface area contributed by atoms with E-state index in [4.69, 9.17) is 14.5 Å². The Balaban J connectivity index is 1.40. The van der Waals surface area contributed by atoms with E-state index < -0.39 is 16.9 Å². The van der Waals surface area contributed by atoms with Crippen molar-refractivity contribution in [3.8, 4) is 5.75 Å². The molecule has 1 aliphatic heterocycles. The minimum absolute atomic E-state index is 0.0106. The molecule has 46 heavy (non-hydrogen) atoms. The topological polar surface area (TPSA) is 113 Å². The monoisotopic (exact) mass is 761 g/mol. The average Bonchev–Trinajstić information content (AvgIpc) is 3.33. The highest BCUT2D eigenvalue weighted by Gasteiger charge is 2.34. The molecule has 0 fully saturated rings. The number of nitro groups is 1. The van der Waals surface area contributed by atoms with E-state index in [-0.39, 0.29) is 24.5 Å². The lowest BCUT2D eigenvalue weighted by Crippen LogP contribution is -2.40. The van der Waals surface area contributed by atoms with Gasteiger partial charge in [-0.3, -0.25) is 19.5 Å². The highest BCUT2D eigenvalue weighted by molar-refractivity contribution is 9.11. The zero-order valence-electron chi connectivity index (χ0n) is 24.5. The maximum absolute atomic E-state index is 14.1. The molecular weight excluding hydrogens is 738 g/mol. The van der Waals surface area contributed by atoms with Crippen LogP contribution in [0.1, 0.15) is 36.6 Å². The summed E-state index contributed by atoms with van der Waals surface area (Å²) in [5, 5.41) is 12.9. The number of fused-ring (bicyclic) bond motifs is 2. The lowest BCUT2D eigenvalue weighted by atomic mass is 9.91. The first kappa shape index (κ1) is 31.6. The van der Waals surface area contributed by atoms with Crippen molar-refractivity contribution in [1.82, 2.24) is 4.57 Å². The number of rotatable bonds is 8. The van der Waals surface area contributed by atoms with Crippen molar-refractivity contribution < 1.29 is 19.2 Å². The second kappa shape index (κ2) is 13.1. The van der Waals surface area contributed by atoms with Crippen LogP contribution >= 0.6 is 43.2 Å². The predicted molar refractivity (Wildman–Crippen MR) is 184 cm³/mol. The fourth-order valence-corrected chi connectivity index (χ4v) is 7.89. The molecule has 1 atom stereocenters. The van der Waals surface area contributed by atoms with Crippen molar-refractivity contribution in [1.29, 1.82) is 0 Å². The number of nitrogens with zero attached hydrogens (tertiary/aromatic N) is 3. The molecule has 0 unspecified atom stereocenters. The summed E-state index contributed by atoms with van der Waals surface area (Å²) in [4.78, 5) is 43.2. The van der Waals surface area contributed by atoms with Gasteiger partial charge in [0.1, 0.15) is 12.4 Å². The number of allylic oxidation sites excluding steroid dienone is 1. The number of aromatic nitrogens is 1. The minimum Gasteiger partial charge on any atom is -0.487 e. The molecule has 0 amide bonds. The molecule has 0 N–H and O–H groups in total. The first-order valence-electron chi connectivity index (χ1n) is 14.2. The van der Waals surface area contributed by atoms with Crippen molar-refractivity contribution in [3.63, 3.8) is 0 Å². The number of non-ortho nitro benzene ring substituents is 1. The molecule has 0 saturated heterocycles. The second-order valence-corrected chi connectivity index (χ2v) is 13.1. The van der Waals surface area contributed by atoms with Gasteiger partial charge in [-0.15, -0.1) is 0 Å². The van der Waals surface area contributed by atoms with E-state index >= 15 is 0 Å². The fourth-order valence-electron chi connectivity index (χ4n) is 5.40. The average molecular weight is 763 g/mol. The molecular formula is C34H25Br2N3O6S. The van der Waals surface area contributed by atoms with Crippen LogP contribution in [0.2, 0.25) is 0 Å². The molecule has 1 aliphatic rings. The summed E-state index contributed by atoms with van der Waals surface area (Å²) >= 11 is 8.41. The molecule has 0 saturated carbocycles. The fraction of sp³-hybridized carbons (Fsp3) is 0.147. The highest BCUT2D eigenvalue weighted by atomic mass is 79.9. The van der Waals surface area contributed by atoms with E-state index in [1.165, 1.54) is 23.5 Å². The number of hydrogen-bond donors (Lipinski definition) is 0. The second-order valence-electron chi connectivity index (χ2n) is 10.4. The van der Waals surface area contributed by atoms with Gasteiger partial charge in [-0.25, -0.2) is 9.79 Å². The van der Waals surface area contributed by atoms with Gasteiger partial charge in [-0.05, 0) is 104 Å². The first-order chi connectivity index (χ1) is 22.2. The Morgan fingerprint density at radius 1 is 1.07 bits per heavy atom. The molecule has 12 heteroatoms. The number of halogens is 2. The number of benzene rings is 4. The number of thiazole rings is 1. The van der Waals surface area contributed by atoms with E-state index in [1.807, 2.05) is 54.6 Å². The van der Waals surface area contributed by atoms with Crippen LogP contribution < -0.4 is 19.6 Å². The molecule has 0 radical (unpaired) electrons. The van der Waals surface area contributed by atoms with Gasteiger partial charge in [0.25, 0.3) is 11.2 Å². The zero-order valence-corrected chi connectivity index (χ0v) is 28.5. The van der Waals surface area contributed by atoms with Crippen LogP contribution in [0.4, 0.5) is 5.69 Å². The Morgan fingerprint density at radius 2 is 1.76 bits per heavy atom. The zero-order chi connectivity index (χ0) is 32.5. The van der Waals surface area contributed by atoms with Gasteiger partial charge in [0, 0.05) is 12.1 Å². The van der Waals surface area contributed by atoms with Crippen LogP contribution in [-0.4, -0.2) is 22.1 Å². The third-order valence-electron chi connectivity index (χ3n) is 7.48. The SMILES string of the molecule is CCOC(=O)C1=C(C)N=c2s/c(=C/c3cc(Br)c(OCc4ccc([N+](=O)[O-])cc4)c(Br)c3)c(=O)n2[C@@H]1c1cccc2ccccc12. The van der Waals surface area contributed by atoms with Crippen molar-refractivity contribution in [2.24, 2.45) is 4.99 Å². The lowest BCUT2D eigenvalue weighted by Gasteiger charge is -2.25. The third kappa shape index (κ3) is 6.07. The van der Waals surface area contributed by atoms with E-state index in [0.717, 1.165) is 27.5 Å². The molecule has 232 valence electrons. The maximum atomic E-state index is 14.1. The molecule has 6 rings (SSSR count). The smallest absolute Gasteiger partial charge is 0.338 e. The lowest BCUT2D eigenvalue weighted by molar-refractivity contribution is -0.384. The standard InChI is InChI=1S/C34H25Br2N3O6S/c1-3-44-33(41)29-19(2)37-34-38(30(29)25-10-6-8-22-7-4-5-9-24(22)25)32(40)28(46-34)17-21-15-26(35)31(27(36)16-21)45-18-20-11-13-23(14-12-20)39(42)43/h4-17,30H,3,18H2,1-2H3/b28-17+/t30-/m1/s1. The van der Waals surface area contributed by atoms with Crippen molar-refractivity contribution in [2.45, 2.75) is 26.5 Å². The Morgan fingerprint density at radius 3 is 2.46 bits per heavy atom. The van der Waals surface area contributed by atoms with Crippen LogP contribution in [0.25, 0.3) is 16.8 Å². The summed E-state index contributed by atoms with van der Waals surface area (Å²) in [5.41, 5.74) is 2.88. The highest BCUT2D eigenvalue weighted by Crippen LogP contribution is 2.37. The summed E-state index contributed by atoms with van der Waals surface area (Å²) in [5.74, 6) is 0.0377. The largest absolute Gasteiger partial charge is 0.487 e. The number of esters is 1. The Labute approximate surface area is 283 Å². The molecule has 9 nitrogen and oxygen atoms in total. The van der Waals surface area contributed by atoms with Crippen molar-refractivity contribution >= 4 is 71.7 Å². The summed E-state index contributed by atoms with van der Waals surface area (Å²) in [7, 11) is 0. The van der Waals surface area contributed by atoms with E-state index in [2.05, 4.69) is 31.9 Å². The van der Waals surface area contributed by atoms with Gasteiger partial charge in [0.05, 0.1) is 42.3 Å². The van der Waals surface area contributed by atoms with Gasteiger partial charge in [-0.1, -0.05) is 53.8 Å². The van der Waals surface area contributed by atoms with Crippen LogP contribution in [0, 0.1) is 10.1 Å². The Bertz CT molecular complexity index is 2210. The molecule has 2 heterocycles. The summed E-state index contributed by atoms with van der Waals surface area (Å²) in [6.45, 7) is 3.91. The van der Waals surface area contributed by atoms with Crippen LogP contribution in [0.3, 0.4) is 0 Å². The minimum atomic E-state index is -0.725. The molecule has 0 bridgehead atoms. The van der Waals surface area contributed by atoms with Crippen LogP contribution in [-0.2, 0) is 16.1 Å². The Kier molecular flexibility index (Phi) is 9.03. The van der Waals surface area contributed by atoms with Crippen molar-refractivity contribution in [3.05, 3.63) is 146 Å². The molecule has 0 aliphatic carbocycles. The Hall–Kier alpha value is -4.39. The summed E-state index contributed by atoms with van der Waals surface area (Å²) in [6, 6.07) is 22.8. The van der Waals surface area contributed by atoms with E-state index in [1.54, 1.807) is 36.6 Å². The number of hydrogen-bond acceptors (Lipinski definition) is 8. The van der Waals surface area contributed by atoms with Gasteiger partial charge in [0.2, 0.25) is 0 Å². The number of nitro benzene ring substituents is 1. The van der Waals surface area contributed by atoms with E-state index in [0.29, 0.717) is 35.3 Å².